The van der Waals surface area contributed by atoms with Crippen molar-refractivity contribution in [2.45, 2.75) is 61.7 Å². The average Bonchev–Trinajstić information content (AvgIpc) is 3.44. The van der Waals surface area contributed by atoms with E-state index in [0.29, 0.717) is 37.3 Å². The molecule has 6 nitrogen and oxygen atoms in total. The molecule has 5 aliphatic rings. The van der Waals surface area contributed by atoms with Crippen LogP contribution in [0.2, 0.25) is 0 Å². The van der Waals surface area contributed by atoms with Crippen molar-refractivity contribution >= 4 is 11.7 Å². The van der Waals surface area contributed by atoms with Crippen LogP contribution in [-0.4, -0.2) is 53.1 Å². The van der Waals surface area contributed by atoms with Crippen LogP contribution in [0.3, 0.4) is 0 Å². The minimum Gasteiger partial charge on any atom is -0.493 e. The van der Waals surface area contributed by atoms with Gasteiger partial charge < -0.3 is 19.5 Å². The van der Waals surface area contributed by atoms with Crippen molar-refractivity contribution in [1.82, 2.24) is 4.90 Å². The Labute approximate surface area is 157 Å². The molecule has 4 atom stereocenters. The molecule has 2 bridgehead atoms. The van der Waals surface area contributed by atoms with E-state index >= 15 is 0 Å². The molecule has 2 aliphatic heterocycles. The molecule has 27 heavy (non-hydrogen) atoms. The molecule has 142 valence electrons. The Morgan fingerprint density at radius 2 is 2.15 bits per heavy atom. The number of ether oxygens (including phenoxy) is 2. The van der Waals surface area contributed by atoms with Gasteiger partial charge in [0.1, 0.15) is 0 Å². The lowest BCUT2D eigenvalue weighted by molar-refractivity contribution is -0.193. The number of piperidine rings is 1. The fourth-order valence-electron chi connectivity index (χ4n) is 6.31. The predicted octanol–water partition coefficient (Wildman–Crippen LogP) is 1.36. The second kappa shape index (κ2) is 4.85. The summed E-state index contributed by atoms with van der Waals surface area (Å²) in [5, 5.41) is 12.0. The van der Waals surface area contributed by atoms with Crippen molar-refractivity contribution in [3.63, 3.8) is 0 Å². The zero-order valence-electron chi connectivity index (χ0n) is 15.4. The van der Waals surface area contributed by atoms with Crippen LogP contribution in [-0.2, 0) is 21.4 Å². The number of nitrogens with zero attached hydrogens (tertiary/aromatic N) is 1. The molecule has 2 unspecified atom stereocenters. The normalized spacial score (nSPS) is 38.3. The van der Waals surface area contributed by atoms with Gasteiger partial charge in [0.05, 0.1) is 24.2 Å². The quantitative estimate of drug-likeness (QED) is 0.852. The molecule has 1 N–H and O–H groups in total. The van der Waals surface area contributed by atoms with Gasteiger partial charge in [0, 0.05) is 24.4 Å². The van der Waals surface area contributed by atoms with E-state index in [1.807, 2.05) is 17.0 Å². The molecule has 1 aromatic rings. The van der Waals surface area contributed by atoms with Crippen LogP contribution in [0.25, 0.3) is 0 Å². The lowest BCUT2D eigenvalue weighted by atomic mass is 9.49. The van der Waals surface area contributed by atoms with Gasteiger partial charge in [-0.15, -0.1) is 0 Å². The molecule has 2 heterocycles. The number of amides is 1. The van der Waals surface area contributed by atoms with Crippen LogP contribution in [0.4, 0.5) is 0 Å². The summed E-state index contributed by atoms with van der Waals surface area (Å²) >= 11 is 0. The van der Waals surface area contributed by atoms with Crippen LogP contribution < -0.4 is 9.47 Å². The van der Waals surface area contributed by atoms with E-state index in [4.69, 9.17) is 9.47 Å². The first-order valence-corrected chi connectivity index (χ1v) is 9.94. The Kier molecular flexibility index (Phi) is 2.86. The van der Waals surface area contributed by atoms with E-state index in [0.717, 1.165) is 24.0 Å². The largest absolute Gasteiger partial charge is 0.493 e. The first kappa shape index (κ1) is 15.9. The minimum absolute atomic E-state index is 0.0477. The fraction of sp³-hybridized carbons (Fsp3) is 0.619. The van der Waals surface area contributed by atoms with E-state index in [1.54, 1.807) is 7.11 Å². The molecule has 0 aromatic heterocycles. The van der Waals surface area contributed by atoms with Crippen molar-refractivity contribution in [2.24, 2.45) is 5.92 Å². The number of carbonyl (C=O) groups is 2. The highest BCUT2D eigenvalue weighted by Gasteiger charge is 2.73. The van der Waals surface area contributed by atoms with Gasteiger partial charge in [-0.1, -0.05) is 6.07 Å². The number of hydrogen-bond acceptors (Lipinski definition) is 5. The summed E-state index contributed by atoms with van der Waals surface area (Å²) < 4.78 is 11.7. The third kappa shape index (κ3) is 1.67. The van der Waals surface area contributed by atoms with Crippen LogP contribution in [0.15, 0.2) is 12.1 Å². The Bertz CT molecular complexity index is 893. The van der Waals surface area contributed by atoms with Crippen molar-refractivity contribution in [3.8, 4) is 11.5 Å². The SMILES string of the molecule is COc1ccc2c3c1OC1C(=O)CC[C@]4(O)C(C2)N(C(=O)C2CC2)CC[C@@]314. The summed E-state index contributed by atoms with van der Waals surface area (Å²) in [7, 11) is 1.60. The highest BCUT2D eigenvalue weighted by molar-refractivity contribution is 5.90. The van der Waals surface area contributed by atoms with Gasteiger partial charge >= 0.3 is 0 Å². The lowest BCUT2D eigenvalue weighted by Crippen LogP contribution is -2.77. The number of ketones is 1. The highest BCUT2D eigenvalue weighted by atomic mass is 16.5. The third-order valence-corrected chi connectivity index (χ3v) is 7.67. The lowest BCUT2D eigenvalue weighted by Gasteiger charge is -2.62. The standard InChI is InChI=1S/C21H23NO5/c1-26-14-5-4-12-10-15-21(25)7-6-13(23)18-20(21,16(12)17(14)27-18)8-9-22(15)19(24)11-2-3-11/h4-5,11,15,18,25H,2-3,6-10H2,1H3/t15?,18?,20-,21+/m1/s1. The average molecular weight is 369 g/mol. The number of Topliss-reactive ketones (excluding diaryl/α,β-unsaturated/α-hetero) is 1. The summed E-state index contributed by atoms with van der Waals surface area (Å²) in [6.07, 6.45) is 3.07. The van der Waals surface area contributed by atoms with Gasteiger partial charge in [0.15, 0.2) is 23.4 Å². The molecule has 1 saturated heterocycles. The second-order valence-electron chi connectivity index (χ2n) is 8.77. The molecular weight excluding hydrogens is 346 g/mol. The Morgan fingerprint density at radius 1 is 1.33 bits per heavy atom. The molecular formula is C21H23NO5. The van der Waals surface area contributed by atoms with E-state index in [1.165, 1.54) is 0 Å². The van der Waals surface area contributed by atoms with Gasteiger partial charge in [-0.2, -0.15) is 0 Å². The van der Waals surface area contributed by atoms with Crippen LogP contribution in [0.1, 0.15) is 43.2 Å². The number of hydrogen-bond donors (Lipinski definition) is 1. The summed E-state index contributed by atoms with van der Waals surface area (Å²) in [6, 6.07) is 3.60. The van der Waals surface area contributed by atoms with Crippen molar-refractivity contribution < 1.29 is 24.2 Å². The summed E-state index contributed by atoms with van der Waals surface area (Å²) in [5.74, 6) is 1.58. The predicted molar refractivity (Wildman–Crippen MR) is 94.8 cm³/mol. The smallest absolute Gasteiger partial charge is 0.226 e. The second-order valence-corrected chi connectivity index (χ2v) is 8.77. The Hall–Kier alpha value is -2.08. The monoisotopic (exact) mass is 369 g/mol. The summed E-state index contributed by atoms with van der Waals surface area (Å²) in [4.78, 5) is 27.7. The molecule has 6 rings (SSSR count). The van der Waals surface area contributed by atoms with E-state index in [2.05, 4.69) is 0 Å². The molecule has 0 radical (unpaired) electrons. The van der Waals surface area contributed by atoms with E-state index in [9.17, 15) is 14.7 Å². The number of likely N-dealkylation sites (tertiary alicyclic amines) is 1. The van der Waals surface area contributed by atoms with Crippen molar-refractivity contribution in [3.05, 3.63) is 23.3 Å². The molecule has 1 aromatic carbocycles. The van der Waals surface area contributed by atoms with Crippen LogP contribution >= 0.6 is 0 Å². The molecule has 1 spiro atoms. The summed E-state index contributed by atoms with van der Waals surface area (Å²) in [6.45, 7) is 0.575. The maximum Gasteiger partial charge on any atom is 0.226 e. The number of aliphatic hydroxyl groups is 1. The van der Waals surface area contributed by atoms with Gasteiger partial charge in [0.2, 0.25) is 5.91 Å². The Morgan fingerprint density at radius 3 is 2.89 bits per heavy atom. The topological polar surface area (TPSA) is 76.1 Å². The number of benzene rings is 1. The first-order valence-electron chi connectivity index (χ1n) is 9.94. The fourth-order valence-corrected chi connectivity index (χ4v) is 6.31. The molecule has 3 fully saturated rings. The maximum absolute atomic E-state index is 12.9. The van der Waals surface area contributed by atoms with E-state index in [-0.39, 0.29) is 30.1 Å². The number of carbonyl (C=O) groups excluding carboxylic acids is 2. The minimum atomic E-state index is -1.13. The third-order valence-electron chi connectivity index (χ3n) is 7.67. The van der Waals surface area contributed by atoms with Crippen molar-refractivity contribution in [2.75, 3.05) is 13.7 Å². The zero-order chi connectivity index (χ0) is 18.6. The number of rotatable bonds is 2. The highest BCUT2D eigenvalue weighted by Crippen LogP contribution is 2.65. The van der Waals surface area contributed by atoms with Gasteiger partial charge in [-0.05, 0) is 43.7 Å². The zero-order valence-corrected chi connectivity index (χ0v) is 15.4. The molecule has 1 amide bonds. The van der Waals surface area contributed by atoms with Gasteiger partial charge in [-0.3, -0.25) is 9.59 Å². The van der Waals surface area contributed by atoms with Crippen LogP contribution in [0, 0.1) is 5.92 Å². The van der Waals surface area contributed by atoms with Crippen molar-refractivity contribution in [1.29, 1.82) is 0 Å². The first-order chi connectivity index (χ1) is 13.0. The molecule has 2 saturated carbocycles. The van der Waals surface area contributed by atoms with Gasteiger partial charge in [0.25, 0.3) is 0 Å². The maximum atomic E-state index is 12.9. The Balaban J connectivity index is 1.58. The molecule has 3 aliphatic carbocycles. The summed E-state index contributed by atoms with van der Waals surface area (Å²) in [5.41, 5.74) is 0.146. The van der Waals surface area contributed by atoms with Crippen LogP contribution in [0.5, 0.6) is 11.5 Å². The van der Waals surface area contributed by atoms with Gasteiger partial charge in [-0.25, -0.2) is 0 Å². The van der Waals surface area contributed by atoms with E-state index < -0.39 is 17.1 Å². The number of methoxy groups -OCH3 is 1. The molecule has 6 heteroatoms.